The first-order valence-electron chi connectivity index (χ1n) is 8.31. The van der Waals surface area contributed by atoms with Gasteiger partial charge in [-0.1, -0.05) is 18.3 Å². The molecule has 2 N–H and O–H groups in total. The van der Waals surface area contributed by atoms with E-state index in [1.165, 1.54) is 11.3 Å². The monoisotopic (exact) mass is 339 g/mol. The molecule has 1 saturated heterocycles. The Morgan fingerprint density at radius 1 is 1.39 bits per heavy atom. The van der Waals surface area contributed by atoms with Crippen molar-refractivity contribution in [2.75, 3.05) is 53.1 Å². The van der Waals surface area contributed by atoms with Gasteiger partial charge >= 0.3 is 0 Å². The highest BCUT2D eigenvalue weighted by Crippen LogP contribution is 2.25. The van der Waals surface area contributed by atoms with Crippen LogP contribution in [0.2, 0.25) is 0 Å². The Hall–Kier alpha value is -1.18. The maximum atomic E-state index is 12.8. The van der Waals surface area contributed by atoms with Crippen LogP contribution in [0.25, 0.3) is 0 Å². The predicted octanol–water partition coefficient (Wildman–Crippen LogP) is 1.39. The molecule has 0 aromatic carbocycles. The van der Waals surface area contributed by atoms with Crippen molar-refractivity contribution >= 4 is 22.4 Å². The van der Waals surface area contributed by atoms with Gasteiger partial charge in [-0.3, -0.25) is 4.79 Å². The summed E-state index contributed by atoms with van der Waals surface area (Å²) in [5.41, 5.74) is 6.62. The number of rotatable bonds is 6. The number of likely N-dealkylation sites (N-methyl/N-ethyl adjacent to an activating group) is 2. The lowest BCUT2D eigenvalue weighted by Crippen LogP contribution is -2.49. The number of piperidine rings is 1. The normalized spacial score (nSPS) is 18.9. The third-order valence-corrected chi connectivity index (χ3v) is 5.36. The topological polar surface area (TPSA) is 65.7 Å². The summed E-state index contributed by atoms with van der Waals surface area (Å²) in [5, 5.41) is 0.488. The minimum absolute atomic E-state index is 0.0989. The summed E-state index contributed by atoms with van der Waals surface area (Å²) in [6.07, 6.45) is 2.95. The molecule has 0 saturated carbocycles. The highest BCUT2D eigenvalue weighted by molar-refractivity contribution is 7.17. The van der Waals surface area contributed by atoms with Gasteiger partial charge in [0, 0.05) is 32.2 Å². The largest absolute Gasteiger partial charge is 0.375 e. The summed E-state index contributed by atoms with van der Waals surface area (Å²) in [5.74, 6) is 0.0989. The molecule has 1 aliphatic heterocycles. The van der Waals surface area contributed by atoms with Crippen LogP contribution in [0, 0.1) is 0 Å². The van der Waals surface area contributed by atoms with Crippen LogP contribution < -0.4 is 5.73 Å². The number of hydrogen-bond donors (Lipinski definition) is 1. The van der Waals surface area contributed by atoms with Crippen LogP contribution in [-0.4, -0.2) is 79.0 Å². The van der Waals surface area contributed by atoms with Gasteiger partial charge in [0.1, 0.15) is 4.88 Å². The van der Waals surface area contributed by atoms with Crippen LogP contribution in [0.3, 0.4) is 0 Å². The zero-order valence-electron chi connectivity index (χ0n) is 14.7. The summed E-state index contributed by atoms with van der Waals surface area (Å²) in [4.78, 5) is 24.4. The molecule has 130 valence electrons. The summed E-state index contributed by atoms with van der Waals surface area (Å²) in [6.45, 7) is 5.70. The number of likely N-dealkylation sites (tertiary alicyclic amines) is 1. The molecular formula is C16H29N5OS. The van der Waals surface area contributed by atoms with Gasteiger partial charge in [0.15, 0.2) is 5.13 Å². The summed E-state index contributed by atoms with van der Waals surface area (Å²) < 4.78 is 0. The van der Waals surface area contributed by atoms with Crippen molar-refractivity contribution < 1.29 is 4.79 Å². The maximum absolute atomic E-state index is 12.8. The number of aromatic nitrogens is 1. The van der Waals surface area contributed by atoms with Crippen LogP contribution in [0.15, 0.2) is 0 Å². The molecule has 2 rings (SSSR count). The van der Waals surface area contributed by atoms with Crippen molar-refractivity contribution in [1.29, 1.82) is 0 Å². The van der Waals surface area contributed by atoms with Gasteiger partial charge in [0.25, 0.3) is 5.91 Å². The zero-order chi connectivity index (χ0) is 17.0. The van der Waals surface area contributed by atoms with E-state index in [4.69, 9.17) is 5.73 Å². The number of thiazole rings is 1. The number of carbonyl (C=O) groups is 1. The number of nitrogens with two attached hydrogens (primary N) is 1. The molecule has 1 amide bonds. The molecule has 7 heteroatoms. The second-order valence-electron chi connectivity index (χ2n) is 6.51. The maximum Gasteiger partial charge on any atom is 0.265 e. The van der Waals surface area contributed by atoms with E-state index >= 15 is 0 Å². The van der Waals surface area contributed by atoms with E-state index in [2.05, 4.69) is 35.9 Å². The molecule has 23 heavy (non-hydrogen) atoms. The second-order valence-corrected chi connectivity index (χ2v) is 7.54. The lowest BCUT2D eigenvalue weighted by Gasteiger charge is -2.38. The van der Waals surface area contributed by atoms with Crippen LogP contribution in [0.5, 0.6) is 0 Å². The van der Waals surface area contributed by atoms with Gasteiger partial charge in [-0.15, -0.1) is 0 Å². The molecule has 0 radical (unpaired) electrons. The number of anilines is 1. The Kier molecular flexibility index (Phi) is 6.38. The first kappa shape index (κ1) is 18.2. The molecule has 1 fully saturated rings. The predicted molar refractivity (Wildman–Crippen MR) is 96.0 cm³/mol. The average molecular weight is 340 g/mol. The minimum Gasteiger partial charge on any atom is -0.375 e. The van der Waals surface area contributed by atoms with Gasteiger partial charge < -0.3 is 20.4 Å². The molecule has 1 unspecified atom stereocenters. The Morgan fingerprint density at radius 3 is 2.78 bits per heavy atom. The number of carbonyl (C=O) groups excluding carboxylic acids is 1. The molecule has 1 aliphatic rings. The fourth-order valence-corrected chi connectivity index (χ4v) is 3.85. The molecule has 1 aromatic heterocycles. The quantitative estimate of drug-likeness (QED) is 0.848. The van der Waals surface area contributed by atoms with Crippen molar-refractivity contribution in [3.63, 3.8) is 0 Å². The summed E-state index contributed by atoms with van der Waals surface area (Å²) in [7, 11) is 6.33. The zero-order valence-corrected chi connectivity index (χ0v) is 15.5. The molecule has 1 atom stereocenters. The third kappa shape index (κ3) is 4.65. The van der Waals surface area contributed by atoms with E-state index in [1.807, 2.05) is 11.8 Å². The highest BCUT2D eigenvalue weighted by atomic mass is 32.1. The molecule has 0 bridgehead atoms. The van der Waals surface area contributed by atoms with Gasteiger partial charge in [-0.2, -0.15) is 0 Å². The number of nitrogen functional groups attached to an aromatic ring is 1. The van der Waals surface area contributed by atoms with Gasteiger partial charge in [0.05, 0.1) is 5.69 Å². The lowest BCUT2D eigenvalue weighted by molar-refractivity contribution is 0.0607. The molecule has 6 nitrogen and oxygen atoms in total. The lowest BCUT2D eigenvalue weighted by atomic mass is 10.0. The number of nitrogens with zero attached hydrogens (tertiary/aromatic N) is 4. The van der Waals surface area contributed by atoms with E-state index in [0.717, 1.165) is 56.0 Å². The van der Waals surface area contributed by atoms with E-state index in [1.54, 1.807) is 0 Å². The van der Waals surface area contributed by atoms with E-state index in [0.29, 0.717) is 11.2 Å². The third-order valence-electron chi connectivity index (χ3n) is 4.45. The molecule has 2 heterocycles. The Balaban J connectivity index is 2.01. The van der Waals surface area contributed by atoms with E-state index in [-0.39, 0.29) is 5.91 Å². The number of amides is 1. The second kappa shape index (κ2) is 8.08. The van der Waals surface area contributed by atoms with Crippen LogP contribution in [0.1, 0.15) is 35.1 Å². The van der Waals surface area contributed by atoms with Crippen molar-refractivity contribution in [2.45, 2.75) is 32.2 Å². The van der Waals surface area contributed by atoms with E-state index < -0.39 is 0 Å². The van der Waals surface area contributed by atoms with E-state index in [9.17, 15) is 4.79 Å². The van der Waals surface area contributed by atoms with Gasteiger partial charge in [-0.05, 0) is 40.4 Å². The van der Waals surface area contributed by atoms with Crippen LogP contribution in [0.4, 0.5) is 5.13 Å². The summed E-state index contributed by atoms with van der Waals surface area (Å²) >= 11 is 1.32. The molecule has 1 aromatic rings. The number of aryl methyl sites for hydroxylation is 1. The van der Waals surface area contributed by atoms with Crippen LogP contribution >= 0.6 is 11.3 Å². The first-order valence-corrected chi connectivity index (χ1v) is 9.13. The molecule has 0 aliphatic carbocycles. The standard InChI is InChI=1S/C16H29N5OS/c1-5-13-14(23-16(17)18-13)15(22)21-8-6-7-12(11-21)20(4)10-9-19(2)3/h12H,5-11H2,1-4H3,(H2,17,18). The Bertz CT molecular complexity index is 531. The van der Waals surface area contributed by atoms with Crippen molar-refractivity contribution in [2.24, 2.45) is 0 Å². The fourth-order valence-electron chi connectivity index (χ4n) is 2.96. The highest BCUT2D eigenvalue weighted by Gasteiger charge is 2.29. The van der Waals surface area contributed by atoms with Crippen LogP contribution in [-0.2, 0) is 6.42 Å². The first-order chi connectivity index (χ1) is 10.9. The number of hydrogen-bond acceptors (Lipinski definition) is 6. The Morgan fingerprint density at radius 2 is 2.13 bits per heavy atom. The minimum atomic E-state index is 0.0989. The molecular weight excluding hydrogens is 310 g/mol. The summed E-state index contributed by atoms with van der Waals surface area (Å²) in [6, 6.07) is 0.433. The van der Waals surface area contributed by atoms with Crippen molar-refractivity contribution in [1.82, 2.24) is 19.7 Å². The molecule has 0 spiro atoms. The fraction of sp³-hybridized carbons (Fsp3) is 0.750. The Labute approximate surface area is 143 Å². The van der Waals surface area contributed by atoms with Crippen molar-refractivity contribution in [3.05, 3.63) is 10.6 Å². The van der Waals surface area contributed by atoms with Gasteiger partial charge in [-0.25, -0.2) is 4.98 Å². The SMILES string of the molecule is CCc1nc(N)sc1C(=O)N1CCCC(N(C)CCN(C)C)C1. The average Bonchev–Trinajstić information content (AvgIpc) is 2.92. The smallest absolute Gasteiger partial charge is 0.265 e. The van der Waals surface area contributed by atoms with Crippen molar-refractivity contribution in [3.8, 4) is 0 Å². The van der Waals surface area contributed by atoms with Gasteiger partial charge in [0.2, 0.25) is 0 Å².